The number of carbonyl (C=O) groups is 1. The van der Waals surface area contributed by atoms with Crippen molar-refractivity contribution in [2.45, 2.75) is 0 Å². The van der Waals surface area contributed by atoms with Crippen molar-refractivity contribution in [1.29, 1.82) is 0 Å². The number of allylic oxidation sites excluding steroid dienone is 1. The van der Waals surface area contributed by atoms with Crippen LogP contribution in [0.25, 0.3) is 6.08 Å². The van der Waals surface area contributed by atoms with E-state index in [1.54, 1.807) is 18.2 Å². The lowest BCUT2D eigenvalue weighted by atomic mass is 10.1. The van der Waals surface area contributed by atoms with Crippen molar-refractivity contribution in [3.05, 3.63) is 75.8 Å². The van der Waals surface area contributed by atoms with Crippen LogP contribution in [0, 0.1) is 10.1 Å². The van der Waals surface area contributed by atoms with Gasteiger partial charge < -0.3 is 0 Å². The lowest BCUT2D eigenvalue weighted by Crippen LogP contribution is -2.09. The molecule has 0 saturated heterocycles. The Morgan fingerprint density at radius 2 is 1.67 bits per heavy atom. The van der Waals surface area contributed by atoms with Gasteiger partial charge in [0.2, 0.25) is 10.0 Å². The van der Waals surface area contributed by atoms with E-state index in [0.717, 1.165) is 6.26 Å². The van der Waals surface area contributed by atoms with E-state index in [4.69, 9.17) is 0 Å². The van der Waals surface area contributed by atoms with Gasteiger partial charge in [-0.3, -0.25) is 19.6 Å². The minimum Gasteiger partial charge on any atom is -0.289 e. The SMILES string of the molecule is CS(=O)(=O)Nc1ccc(C(=O)/C=C/c2ccc([N+](=O)[O-])cc2)cc1. The highest BCUT2D eigenvalue weighted by atomic mass is 32.2. The minimum absolute atomic E-state index is 0.0209. The Bertz CT molecular complexity index is 885. The van der Waals surface area contributed by atoms with Gasteiger partial charge in [0.15, 0.2) is 5.78 Å². The zero-order chi connectivity index (χ0) is 17.7. The summed E-state index contributed by atoms with van der Waals surface area (Å²) in [6.07, 6.45) is 3.94. The van der Waals surface area contributed by atoms with E-state index < -0.39 is 14.9 Å². The molecule has 0 aromatic heterocycles. The van der Waals surface area contributed by atoms with Crippen LogP contribution in [-0.4, -0.2) is 25.4 Å². The molecule has 7 nitrogen and oxygen atoms in total. The van der Waals surface area contributed by atoms with E-state index in [-0.39, 0.29) is 11.5 Å². The second kappa shape index (κ2) is 7.05. The number of nitrogens with zero attached hydrogens (tertiary/aromatic N) is 1. The molecule has 0 aliphatic heterocycles. The van der Waals surface area contributed by atoms with Gasteiger partial charge >= 0.3 is 0 Å². The van der Waals surface area contributed by atoms with Crippen LogP contribution in [0.5, 0.6) is 0 Å². The molecule has 2 rings (SSSR count). The molecule has 0 bridgehead atoms. The Morgan fingerprint density at radius 3 is 2.17 bits per heavy atom. The molecule has 0 unspecified atom stereocenters. The summed E-state index contributed by atoms with van der Waals surface area (Å²) in [5, 5.41) is 10.6. The number of benzene rings is 2. The first-order valence-corrected chi connectivity index (χ1v) is 8.68. The fourth-order valence-electron chi connectivity index (χ4n) is 1.89. The number of nitro groups is 1. The predicted octanol–water partition coefficient (Wildman–Crippen LogP) is 2.86. The number of ketones is 1. The number of anilines is 1. The molecule has 2 aromatic rings. The number of nitrogens with one attached hydrogen (secondary N) is 1. The fourth-order valence-corrected chi connectivity index (χ4v) is 2.46. The normalized spacial score (nSPS) is 11.4. The molecule has 0 amide bonds. The van der Waals surface area contributed by atoms with Crippen molar-refractivity contribution in [1.82, 2.24) is 0 Å². The third-order valence-corrected chi connectivity index (χ3v) is 3.61. The maximum atomic E-state index is 12.1. The van der Waals surface area contributed by atoms with E-state index >= 15 is 0 Å². The number of carbonyl (C=O) groups excluding carboxylic acids is 1. The second-order valence-electron chi connectivity index (χ2n) is 5.00. The first-order valence-electron chi connectivity index (χ1n) is 6.79. The van der Waals surface area contributed by atoms with Gasteiger partial charge in [0.05, 0.1) is 11.2 Å². The molecule has 124 valence electrons. The van der Waals surface area contributed by atoms with Crippen molar-refractivity contribution < 1.29 is 18.1 Å². The average molecular weight is 346 g/mol. The Kier molecular flexibility index (Phi) is 5.10. The van der Waals surface area contributed by atoms with Gasteiger partial charge in [0.1, 0.15) is 0 Å². The number of non-ortho nitro benzene ring substituents is 1. The number of nitro benzene ring substituents is 1. The molecule has 8 heteroatoms. The lowest BCUT2D eigenvalue weighted by Gasteiger charge is -2.03. The van der Waals surface area contributed by atoms with Crippen LogP contribution >= 0.6 is 0 Å². The molecule has 2 aromatic carbocycles. The van der Waals surface area contributed by atoms with Crippen LogP contribution in [0.15, 0.2) is 54.6 Å². The molecule has 0 aliphatic rings. The van der Waals surface area contributed by atoms with Crippen LogP contribution in [-0.2, 0) is 10.0 Å². The summed E-state index contributed by atoms with van der Waals surface area (Å²) in [5.41, 5.74) is 1.40. The third-order valence-electron chi connectivity index (χ3n) is 3.00. The van der Waals surface area contributed by atoms with E-state index in [1.165, 1.54) is 42.5 Å². The fraction of sp³-hybridized carbons (Fsp3) is 0.0625. The van der Waals surface area contributed by atoms with Gasteiger partial charge in [-0.15, -0.1) is 0 Å². The van der Waals surface area contributed by atoms with Crippen LogP contribution in [0.2, 0.25) is 0 Å². The molecular formula is C16H14N2O5S. The van der Waals surface area contributed by atoms with Crippen molar-refractivity contribution in [2.24, 2.45) is 0 Å². The van der Waals surface area contributed by atoms with Crippen molar-refractivity contribution in [3.8, 4) is 0 Å². The molecule has 24 heavy (non-hydrogen) atoms. The third kappa shape index (κ3) is 5.03. The van der Waals surface area contributed by atoms with Crippen LogP contribution < -0.4 is 4.72 Å². The molecular weight excluding hydrogens is 332 g/mol. The predicted molar refractivity (Wildman–Crippen MR) is 91.4 cm³/mol. The summed E-state index contributed by atoms with van der Waals surface area (Å²) < 4.78 is 24.5. The van der Waals surface area contributed by atoms with E-state index in [2.05, 4.69) is 4.72 Å². The molecule has 0 atom stereocenters. The smallest absolute Gasteiger partial charge is 0.269 e. The summed E-state index contributed by atoms with van der Waals surface area (Å²) in [7, 11) is -3.36. The highest BCUT2D eigenvalue weighted by Crippen LogP contribution is 2.14. The van der Waals surface area contributed by atoms with Crippen molar-refractivity contribution in [3.63, 3.8) is 0 Å². The van der Waals surface area contributed by atoms with Crippen molar-refractivity contribution >= 4 is 33.3 Å². The van der Waals surface area contributed by atoms with Gasteiger partial charge in [0.25, 0.3) is 5.69 Å². The number of rotatable bonds is 6. The number of hydrogen-bond acceptors (Lipinski definition) is 5. The number of hydrogen-bond donors (Lipinski definition) is 1. The van der Waals surface area contributed by atoms with Crippen LogP contribution in [0.1, 0.15) is 15.9 Å². The lowest BCUT2D eigenvalue weighted by molar-refractivity contribution is -0.384. The quantitative estimate of drug-likeness (QED) is 0.375. The standard InChI is InChI=1S/C16H14N2O5S/c1-24(22,23)17-14-7-5-13(6-8-14)16(19)11-4-12-2-9-15(10-3-12)18(20)21/h2-11,17H,1H3/b11-4+. The maximum Gasteiger partial charge on any atom is 0.269 e. The summed E-state index contributed by atoms with van der Waals surface area (Å²) in [6, 6.07) is 11.8. The van der Waals surface area contributed by atoms with Gasteiger partial charge in [-0.2, -0.15) is 0 Å². The highest BCUT2D eigenvalue weighted by molar-refractivity contribution is 7.92. The molecule has 0 radical (unpaired) electrons. The summed E-state index contributed by atoms with van der Waals surface area (Å²) >= 11 is 0. The van der Waals surface area contributed by atoms with Crippen LogP contribution in [0.4, 0.5) is 11.4 Å². The topological polar surface area (TPSA) is 106 Å². The summed E-state index contributed by atoms with van der Waals surface area (Å²) in [6.45, 7) is 0. The molecule has 0 saturated carbocycles. The zero-order valence-corrected chi connectivity index (χ0v) is 13.5. The van der Waals surface area contributed by atoms with Gasteiger partial charge in [-0.25, -0.2) is 8.42 Å². The first kappa shape index (κ1) is 17.4. The highest BCUT2D eigenvalue weighted by Gasteiger charge is 2.05. The van der Waals surface area contributed by atoms with E-state index in [1.807, 2.05) is 0 Å². The van der Waals surface area contributed by atoms with E-state index in [0.29, 0.717) is 16.8 Å². The first-order chi connectivity index (χ1) is 11.2. The Balaban J connectivity index is 2.07. The van der Waals surface area contributed by atoms with Crippen molar-refractivity contribution in [2.75, 3.05) is 11.0 Å². The van der Waals surface area contributed by atoms with Crippen LogP contribution in [0.3, 0.4) is 0 Å². The van der Waals surface area contributed by atoms with E-state index in [9.17, 15) is 23.3 Å². The van der Waals surface area contributed by atoms with Gasteiger partial charge in [-0.1, -0.05) is 6.08 Å². The Labute approximate surface area is 138 Å². The number of sulfonamides is 1. The molecule has 0 heterocycles. The molecule has 0 fully saturated rings. The minimum atomic E-state index is -3.36. The summed E-state index contributed by atoms with van der Waals surface area (Å²) in [5.74, 6) is -0.265. The Morgan fingerprint density at radius 1 is 1.08 bits per heavy atom. The largest absolute Gasteiger partial charge is 0.289 e. The Hall–Kier alpha value is -3.00. The maximum absolute atomic E-state index is 12.1. The molecule has 0 spiro atoms. The zero-order valence-electron chi connectivity index (χ0n) is 12.7. The van der Waals surface area contributed by atoms with Gasteiger partial charge in [0, 0.05) is 23.4 Å². The average Bonchev–Trinajstić information content (AvgIpc) is 2.52. The second-order valence-corrected chi connectivity index (χ2v) is 6.75. The molecule has 1 N–H and O–H groups in total. The molecule has 0 aliphatic carbocycles. The summed E-state index contributed by atoms with van der Waals surface area (Å²) in [4.78, 5) is 22.1. The monoisotopic (exact) mass is 346 g/mol. The van der Waals surface area contributed by atoms with Gasteiger partial charge in [-0.05, 0) is 48.0 Å².